The fourth-order valence-electron chi connectivity index (χ4n) is 3.90. The van der Waals surface area contributed by atoms with Crippen LogP contribution in [0.5, 0.6) is 5.75 Å². The molecule has 2 aliphatic heterocycles. The second kappa shape index (κ2) is 7.16. The van der Waals surface area contributed by atoms with E-state index in [1.54, 1.807) is 0 Å². The van der Waals surface area contributed by atoms with Gasteiger partial charge in [-0.1, -0.05) is 76.1 Å². The highest BCUT2D eigenvalue weighted by molar-refractivity contribution is 9.10. The summed E-state index contributed by atoms with van der Waals surface area (Å²) in [6.07, 6.45) is -0.0493. The number of halogens is 1. The van der Waals surface area contributed by atoms with Crippen LogP contribution in [0.15, 0.2) is 82.4 Å². The van der Waals surface area contributed by atoms with Gasteiger partial charge >= 0.3 is 0 Å². The molecule has 3 aromatic rings. The van der Waals surface area contributed by atoms with Crippen molar-refractivity contribution in [3.8, 4) is 5.75 Å². The third-order valence-corrected chi connectivity index (χ3v) is 5.91. The molecule has 3 aromatic carbocycles. The second-order valence-electron chi connectivity index (χ2n) is 7.40. The molecular formula is C24H19BrN2O2. The molecule has 2 aliphatic rings. The first-order chi connectivity index (χ1) is 14.1. The lowest BCUT2D eigenvalue weighted by Gasteiger charge is -2.37. The van der Waals surface area contributed by atoms with E-state index in [9.17, 15) is 4.79 Å². The van der Waals surface area contributed by atoms with Crippen LogP contribution in [-0.2, 0) is 0 Å². The van der Waals surface area contributed by atoms with Crippen molar-refractivity contribution in [2.24, 2.45) is 5.10 Å². The Hall–Kier alpha value is -2.92. The SMILES string of the molecule is Cc1ccc(C(=O)[C@H]2Oc3ccc(Br)cc3[C@H]3CC(c4ccccc4)=NN23)cc1. The van der Waals surface area contributed by atoms with Gasteiger partial charge in [-0.05, 0) is 30.7 Å². The van der Waals surface area contributed by atoms with E-state index in [4.69, 9.17) is 9.84 Å². The fraction of sp³-hybridized carbons (Fsp3) is 0.167. The van der Waals surface area contributed by atoms with Crippen LogP contribution in [0.3, 0.4) is 0 Å². The van der Waals surface area contributed by atoms with Crippen LogP contribution in [0, 0.1) is 6.92 Å². The molecule has 0 spiro atoms. The van der Waals surface area contributed by atoms with E-state index < -0.39 is 6.23 Å². The number of ether oxygens (including phenoxy) is 1. The lowest BCUT2D eigenvalue weighted by atomic mass is 9.95. The number of rotatable bonds is 3. The fourth-order valence-corrected chi connectivity index (χ4v) is 4.28. The van der Waals surface area contributed by atoms with Crippen LogP contribution in [0.2, 0.25) is 0 Å². The van der Waals surface area contributed by atoms with Crippen molar-refractivity contribution in [1.29, 1.82) is 0 Å². The Labute approximate surface area is 177 Å². The number of benzene rings is 3. The topological polar surface area (TPSA) is 41.9 Å². The predicted octanol–water partition coefficient (Wildman–Crippen LogP) is 5.51. The Balaban J connectivity index is 1.57. The molecule has 0 N–H and O–H groups in total. The van der Waals surface area contributed by atoms with Crippen LogP contribution in [-0.4, -0.2) is 22.7 Å². The van der Waals surface area contributed by atoms with Crippen molar-refractivity contribution >= 4 is 27.4 Å². The van der Waals surface area contributed by atoms with Crippen molar-refractivity contribution in [2.75, 3.05) is 0 Å². The first-order valence-electron chi connectivity index (χ1n) is 9.58. The van der Waals surface area contributed by atoms with E-state index in [1.807, 2.05) is 66.5 Å². The van der Waals surface area contributed by atoms with E-state index in [0.29, 0.717) is 5.56 Å². The molecule has 5 heteroatoms. The molecule has 5 rings (SSSR count). The first kappa shape index (κ1) is 18.1. The molecule has 0 saturated carbocycles. The van der Waals surface area contributed by atoms with Crippen molar-refractivity contribution in [2.45, 2.75) is 25.6 Å². The van der Waals surface area contributed by atoms with Gasteiger partial charge in [-0.15, -0.1) is 0 Å². The molecular weight excluding hydrogens is 428 g/mol. The van der Waals surface area contributed by atoms with Crippen molar-refractivity contribution in [1.82, 2.24) is 5.01 Å². The average molecular weight is 447 g/mol. The number of carbonyl (C=O) groups is 1. The van der Waals surface area contributed by atoms with Crippen molar-refractivity contribution in [3.05, 3.63) is 99.5 Å². The van der Waals surface area contributed by atoms with Crippen LogP contribution < -0.4 is 4.74 Å². The Morgan fingerprint density at radius 3 is 2.59 bits per heavy atom. The maximum atomic E-state index is 13.3. The molecule has 0 bridgehead atoms. The van der Waals surface area contributed by atoms with Gasteiger partial charge in [0.2, 0.25) is 5.78 Å². The highest BCUT2D eigenvalue weighted by Gasteiger charge is 2.43. The van der Waals surface area contributed by atoms with Crippen LogP contribution >= 0.6 is 15.9 Å². The zero-order chi connectivity index (χ0) is 20.0. The summed E-state index contributed by atoms with van der Waals surface area (Å²) in [6.45, 7) is 2.01. The molecule has 2 heterocycles. The molecule has 2 atom stereocenters. The lowest BCUT2D eigenvalue weighted by Crippen LogP contribution is -2.45. The van der Waals surface area contributed by atoms with Gasteiger partial charge < -0.3 is 4.74 Å². The summed E-state index contributed by atoms with van der Waals surface area (Å²) >= 11 is 3.56. The third kappa shape index (κ3) is 3.25. The number of hydrazone groups is 1. The number of hydrogen-bond acceptors (Lipinski definition) is 4. The summed E-state index contributed by atoms with van der Waals surface area (Å²) in [5.41, 5.74) is 4.82. The van der Waals surface area contributed by atoms with E-state index in [-0.39, 0.29) is 11.8 Å². The first-order valence-corrected chi connectivity index (χ1v) is 10.4. The number of hydrogen-bond donors (Lipinski definition) is 0. The summed E-state index contributed by atoms with van der Waals surface area (Å²) in [5.74, 6) is 0.658. The molecule has 0 saturated heterocycles. The Morgan fingerprint density at radius 2 is 1.83 bits per heavy atom. The highest BCUT2D eigenvalue weighted by Crippen LogP contribution is 2.44. The summed E-state index contributed by atoms with van der Waals surface area (Å²) in [6, 6.07) is 23.6. The van der Waals surface area contributed by atoms with E-state index in [2.05, 4.69) is 34.1 Å². The molecule has 144 valence electrons. The van der Waals surface area contributed by atoms with Crippen LogP contribution in [0.4, 0.5) is 0 Å². The van der Waals surface area contributed by atoms with Gasteiger partial charge in [-0.2, -0.15) is 5.10 Å². The number of nitrogens with zero attached hydrogens (tertiary/aromatic N) is 2. The van der Waals surface area contributed by atoms with E-state index >= 15 is 0 Å². The van der Waals surface area contributed by atoms with Gasteiger partial charge in [-0.3, -0.25) is 4.79 Å². The second-order valence-corrected chi connectivity index (χ2v) is 8.31. The minimum atomic E-state index is -0.780. The van der Waals surface area contributed by atoms with Gasteiger partial charge in [0.15, 0.2) is 0 Å². The monoisotopic (exact) mass is 446 g/mol. The molecule has 0 amide bonds. The summed E-state index contributed by atoms with van der Waals surface area (Å²) in [4.78, 5) is 13.3. The van der Waals surface area contributed by atoms with E-state index in [0.717, 1.165) is 39.0 Å². The molecule has 0 aromatic heterocycles. The third-order valence-electron chi connectivity index (χ3n) is 5.42. The Bertz CT molecular complexity index is 1110. The predicted molar refractivity (Wildman–Crippen MR) is 116 cm³/mol. The maximum absolute atomic E-state index is 13.3. The maximum Gasteiger partial charge on any atom is 0.251 e. The van der Waals surface area contributed by atoms with Crippen LogP contribution in [0.1, 0.15) is 39.5 Å². The normalized spacial score (nSPS) is 19.8. The van der Waals surface area contributed by atoms with Crippen LogP contribution in [0.25, 0.3) is 0 Å². The highest BCUT2D eigenvalue weighted by atomic mass is 79.9. The largest absolute Gasteiger partial charge is 0.461 e. The minimum absolute atomic E-state index is 0.0362. The molecule has 0 aliphatic carbocycles. The zero-order valence-corrected chi connectivity index (χ0v) is 17.5. The molecule has 0 radical (unpaired) electrons. The van der Waals surface area contributed by atoms with Gasteiger partial charge in [0.1, 0.15) is 5.75 Å². The van der Waals surface area contributed by atoms with Crippen molar-refractivity contribution in [3.63, 3.8) is 0 Å². The Kier molecular flexibility index (Phi) is 4.47. The van der Waals surface area contributed by atoms with Crippen molar-refractivity contribution < 1.29 is 9.53 Å². The van der Waals surface area contributed by atoms with Gasteiger partial charge in [0.25, 0.3) is 6.23 Å². The minimum Gasteiger partial charge on any atom is -0.461 e. The number of fused-ring (bicyclic) bond motifs is 3. The number of ketones is 1. The molecule has 0 fully saturated rings. The average Bonchev–Trinajstić information content (AvgIpc) is 3.20. The molecule has 29 heavy (non-hydrogen) atoms. The number of Topliss-reactive ketones (excluding diaryl/α,β-unsaturated/α-hetero) is 1. The quantitative estimate of drug-likeness (QED) is 0.498. The van der Waals surface area contributed by atoms with Gasteiger partial charge in [-0.25, -0.2) is 5.01 Å². The standard InChI is InChI=1S/C24H19BrN2O2/c1-15-7-9-17(10-8-15)23(28)24-27-21(19-13-18(25)11-12-22(19)29-24)14-20(26-27)16-5-3-2-4-6-16/h2-13,21,24H,14H2,1H3/t21-,24-/m1/s1. The number of carbonyl (C=O) groups excluding carboxylic acids is 1. The lowest BCUT2D eigenvalue weighted by molar-refractivity contribution is -0.00459. The summed E-state index contributed by atoms with van der Waals surface area (Å²) < 4.78 is 7.16. The molecule has 4 nitrogen and oxygen atoms in total. The summed E-state index contributed by atoms with van der Waals surface area (Å²) in [7, 11) is 0. The number of aryl methyl sites for hydroxylation is 1. The Morgan fingerprint density at radius 1 is 1.07 bits per heavy atom. The van der Waals surface area contributed by atoms with E-state index in [1.165, 1.54) is 0 Å². The molecule has 0 unspecified atom stereocenters. The smallest absolute Gasteiger partial charge is 0.251 e. The van der Waals surface area contributed by atoms with Gasteiger partial charge in [0, 0.05) is 22.0 Å². The summed E-state index contributed by atoms with van der Waals surface area (Å²) in [5, 5.41) is 6.68. The van der Waals surface area contributed by atoms with Gasteiger partial charge in [0.05, 0.1) is 11.8 Å². The zero-order valence-electron chi connectivity index (χ0n) is 15.9.